The summed E-state index contributed by atoms with van der Waals surface area (Å²) in [4.78, 5) is 15.3. The van der Waals surface area contributed by atoms with Gasteiger partial charge in [0.05, 0.1) is 11.4 Å². The molecule has 3 aromatic rings. The second kappa shape index (κ2) is 4.61. The first-order valence-corrected chi connectivity index (χ1v) is 6.19. The van der Waals surface area contributed by atoms with Crippen molar-refractivity contribution in [2.45, 2.75) is 6.92 Å². The van der Waals surface area contributed by atoms with Gasteiger partial charge in [0, 0.05) is 29.2 Å². The molecule has 0 aliphatic rings. The van der Waals surface area contributed by atoms with Crippen molar-refractivity contribution in [3.63, 3.8) is 0 Å². The molecule has 96 valence electrons. The van der Waals surface area contributed by atoms with Crippen molar-refractivity contribution >= 4 is 16.8 Å². The van der Waals surface area contributed by atoms with Crippen molar-refractivity contribution < 1.29 is 4.79 Å². The van der Waals surface area contributed by atoms with Gasteiger partial charge in [-0.25, -0.2) is 0 Å². The van der Waals surface area contributed by atoms with E-state index in [-0.39, 0.29) is 5.91 Å². The third-order valence-corrected chi connectivity index (χ3v) is 3.04. The number of hydrogen-bond donors (Lipinski definition) is 3. The van der Waals surface area contributed by atoms with Crippen molar-refractivity contribution in [1.82, 2.24) is 20.5 Å². The fourth-order valence-electron chi connectivity index (χ4n) is 2.16. The van der Waals surface area contributed by atoms with Crippen molar-refractivity contribution in [2.75, 3.05) is 6.54 Å². The Morgan fingerprint density at radius 2 is 2.21 bits per heavy atom. The molecule has 1 aromatic carbocycles. The zero-order valence-electron chi connectivity index (χ0n) is 10.5. The number of H-pyrrole nitrogens is 2. The van der Waals surface area contributed by atoms with Crippen molar-refractivity contribution in [1.29, 1.82) is 0 Å². The molecule has 0 saturated heterocycles. The van der Waals surface area contributed by atoms with Crippen LogP contribution in [0.1, 0.15) is 17.3 Å². The minimum Gasteiger partial charge on any atom is -0.353 e. The highest BCUT2D eigenvalue weighted by atomic mass is 16.1. The summed E-state index contributed by atoms with van der Waals surface area (Å²) in [6, 6.07) is 9.51. The van der Waals surface area contributed by atoms with Crippen LogP contribution in [0.15, 0.2) is 36.5 Å². The minimum absolute atomic E-state index is 0.0525. The lowest BCUT2D eigenvalue weighted by molar-refractivity contribution is 0.0957. The summed E-state index contributed by atoms with van der Waals surface area (Å²) in [5, 5.41) is 10.6. The fraction of sp³-hybridized carbons (Fsp3) is 0.143. The van der Waals surface area contributed by atoms with E-state index < -0.39 is 0 Å². The lowest BCUT2D eigenvalue weighted by Crippen LogP contribution is -2.22. The van der Waals surface area contributed by atoms with Gasteiger partial charge >= 0.3 is 0 Å². The molecule has 0 atom stereocenters. The van der Waals surface area contributed by atoms with Gasteiger partial charge in [-0.15, -0.1) is 0 Å². The number of nitrogens with zero attached hydrogens (tertiary/aromatic N) is 1. The van der Waals surface area contributed by atoms with Crippen LogP contribution in [-0.4, -0.2) is 27.6 Å². The molecule has 2 heterocycles. The molecule has 3 rings (SSSR count). The monoisotopic (exact) mass is 254 g/mol. The van der Waals surface area contributed by atoms with Crippen LogP contribution in [0, 0.1) is 0 Å². The Hall–Kier alpha value is -2.56. The predicted octanol–water partition coefficient (Wildman–Crippen LogP) is 2.31. The highest BCUT2D eigenvalue weighted by Crippen LogP contribution is 2.25. The molecule has 0 unspecified atom stereocenters. The van der Waals surface area contributed by atoms with E-state index in [0.717, 1.165) is 22.3 Å². The first kappa shape index (κ1) is 11.5. The number of amides is 1. The zero-order chi connectivity index (χ0) is 13.2. The molecule has 5 heteroatoms. The Kier molecular flexibility index (Phi) is 2.79. The molecular weight excluding hydrogens is 240 g/mol. The number of nitrogens with one attached hydrogen (secondary N) is 3. The zero-order valence-corrected chi connectivity index (χ0v) is 10.5. The maximum absolute atomic E-state index is 12.0. The average Bonchev–Trinajstić information content (AvgIpc) is 3.06. The molecule has 0 aliphatic heterocycles. The summed E-state index contributed by atoms with van der Waals surface area (Å²) < 4.78 is 0. The molecule has 5 nitrogen and oxygen atoms in total. The number of fused-ring (bicyclic) bond motifs is 1. The van der Waals surface area contributed by atoms with Gasteiger partial charge < -0.3 is 10.3 Å². The van der Waals surface area contributed by atoms with Crippen molar-refractivity contribution in [3.05, 3.63) is 42.1 Å². The van der Waals surface area contributed by atoms with E-state index in [2.05, 4.69) is 20.5 Å². The van der Waals surface area contributed by atoms with Gasteiger partial charge in [-0.3, -0.25) is 9.89 Å². The quantitative estimate of drug-likeness (QED) is 0.671. The molecule has 2 aromatic heterocycles. The van der Waals surface area contributed by atoms with Gasteiger partial charge in [-0.2, -0.15) is 5.10 Å². The Morgan fingerprint density at radius 3 is 2.95 bits per heavy atom. The Balaban J connectivity index is 2.12. The van der Waals surface area contributed by atoms with E-state index in [4.69, 9.17) is 0 Å². The molecule has 0 spiro atoms. The molecule has 0 aliphatic carbocycles. The van der Waals surface area contributed by atoms with E-state index in [1.54, 1.807) is 6.20 Å². The average molecular weight is 254 g/mol. The van der Waals surface area contributed by atoms with E-state index in [1.165, 1.54) is 0 Å². The van der Waals surface area contributed by atoms with Crippen molar-refractivity contribution in [2.24, 2.45) is 0 Å². The fourth-order valence-corrected chi connectivity index (χ4v) is 2.16. The number of rotatable bonds is 3. The third-order valence-electron chi connectivity index (χ3n) is 3.04. The highest BCUT2D eigenvalue weighted by Gasteiger charge is 2.12. The topological polar surface area (TPSA) is 73.6 Å². The van der Waals surface area contributed by atoms with Crippen LogP contribution >= 0.6 is 0 Å². The second-order valence-corrected chi connectivity index (χ2v) is 4.28. The molecule has 1 amide bonds. The van der Waals surface area contributed by atoms with Crippen LogP contribution in [0.4, 0.5) is 0 Å². The van der Waals surface area contributed by atoms with Crippen LogP contribution in [0.5, 0.6) is 0 Å². The molecule has 0 fully saturated rings. The highest BCUT2D eigenvalue weighted by molar-refractivity contribution is 6.07. The van der Waals surface area contributed by atoms with Gasteiger partial charge in [-0.05, 0) is 31.2 Å². The molecule has 3 N–H and O–H groups in total. The summed E-state index contributed by atoms with van der Waals surface area (Å²) in [5.41, 5.74) is 3.44. The van der Waals surface area contributed by atoms with Crippen LogP contribution in [-0.2, 0) is 0 Å². The molecule has 19 heavy (non-hydrogen) atoms. The van der Waals surface area contributed by atoms with Gasteiger partial charge in [-0.1, -0.05) is 6.07 Å². The summed E-state index contributed by atoms with van der Waals surface area (Å²) in [6.07, 6.45) is 1.70. The maximum Gasteiger partial charge on any atom is 0.251 e. The lowest BCUT2D eigenvalue weighted by Gasteiger charge is -2.02. The van der Waals surface area contributed by atoms with Gasteiger partial charge in [0.25, 0.3) is 5.91 Å². The number of carbonyl (C=O) groups is 1. The first-order chi connectivity index (χ1) is 9.29. The van der Waals surface area contributed by atoms with Crippen molar-refractivity contribution in [3.8, 4) is 11.4 Å². The number of aromatic amines is 2. The SMILES string of the molecule is CCNC(=O)c1cccc2[nH]c(-c3ccn[nH]3)cc12. The van der Waals surface area contributed by atoms with E-state index in [1.807, 2.05) is 37.3 Å². The lowest BCUT2D eigenvalue weighted by atomic mass is 10.1. The van der Waals surface area contributed by atoms with E-state index >= 15 is 0 Å². The van der Waals surface area contributed by atoms with Crippen LogP contribution in [0.2, 0.25) is 0 Å². The Morgan fingerprint density at radius 1 is 1.32 bits per heavy atom. The summed E-state index contributed by atoms with van der Waals surface area (Å²) >= 11 is 0. The maximum atomic E-state index is 12.0. The summed E-state index contributed by atoms with van der Waals surface area (Å²) in [5.74, 6) is -0.0525. The molecule has 0 saturated carbocycles. The standard InChI is InChI=1S/C14H14N4O/c1-2-15-14(19)9-4-3-5-11-10(9)8-13(17-11)12-6-7-16-18-12/h3-8,17H,2H2,1H3,(H,15,19)(H,16,18). The van der Waals surface area contributed by atoms with Gasteiger partial charge in [0.1, 0.15) is 0 Å². The predicted molar refractivity (Wildman–Crippen MR) is 73.9 cm³/mol. The van der Waals surface area contributed by atoms with Gasteiger partial charge in [0.15, 0.2) is 0 Å². The first-order valence-electron chi connectivity index (χ1n) is 6.19. The number of benzene rings is 1. The summed E-state index contributed by atoms with van der Waals surface area (Å²) in [7, 11) is 0. The van der Waals surface area contributed by atoms with Crippen LogP contribution in [0.25, 0.3) is 22.3 Å². The number of hydrogen-bond acceptors (Lipinski definition) is 2. The second-order valence-electron chi connectivity index (χ2n) is 4.28. The van der Waals surface area contributed by atoms with Crippen LogP contribution < -0.4 is 5.32 Å². The number of carbonyl (C=O) groups excluding carboxylic acids is 1. The van der Waals surface area contributed by atoms with Crippen LogP contribution in [0.3, 0.4) is 0 Å². The normalized spacial score (nSPS) is 10.8. The Bertz CT molecular complexity index is 712. The number of aromatic nitrogens is 3. The Labute approximate surface area is 110 Å². The van der Waals surface area contributed by atoms with E-state index in [9.17, 15) is 4.79 Å². The third kappa shape index (κ3) is 1.99. The molecule has 0 bridgehead atoms. The van der Waals surface area contributed by atoms with E-state index in [0.29, 0.717) is 12.1 Å². The molecular formula is C14H14N4O. The smallest absolute Gasteiger partial charge is 0.251 e. The largest absolute Gasteiger partial charge is 0.353 e. The van der Waals surface area contributed by atoms with Gasteiger partial charge in [0.2, 0.25) is 0 Å². The minimum atomic E-state index is -0.0525. The molecule has 0 radical (unpaired) electrons. The summed E-state index contributed by atoms with van der Waals surface area (Å²) in [6.45, 7) is 2.53.